The van der Waals surface area contributed by atoms with Crippen molar-refractivity contribution < 1.29 is 13.6 Å². The van der Waals surface area contributed by atoms with Crippen LogP contribution in [0.3, 0.4) is 0 Å². The van der Waals surface area contributed by atoms with Crippen LogP contribution in [0, 0.1) is 0 Å². The van der Waals surface area contributed by atoms with Gasteiger partial charge in [0.05, 0.1) is 11.5 Å². The summed E-state index contributed by atoms with van der Waals surface area (Å²) in [5.41, 5.74) is 1.19. The molecule has 1 unspecified atom stereocenters. The van der Waals surface area contributed by atoms with Crippen LogP contribution in [0.15, 0.2) is 44.2 Å². The average molecular weight is 298 g/mol. The van der Waals surface area contributed by atoms with E-state index in [2.05, 4.69) is 6.92 Å². The lowest BCUT2D eigenvalue weighted by atomic mass is 9.89. The molecule has 3 rings (SSSR count). The summed E-state index contributed by atoms with van der Waals surface area (Å²) in [6.07, 6.45) is 3.83. The Morgan fingerprint density at radius 1 is 1.23 bits per heavy atom. The third kappa shape index (κ3) is 2.34. The normalized spacial score (nSPS) is 12.8. The Kier molecular flexibility index (Phi) is 3.84. The molecule has 0 saturated heterocycles. The lowest BCUT2D eigenvalue weighted by molar-refractivity contribution is -0.118. The van der Waals surface area contributed by atoms with Gasteiger partial charge >= 0.3 is 5.63 Å². The summed E-state index contributed by atoms with van der Waals surface area (Å²) < 4.78 is 10.8. The van der Waals surface area contributed by atoms with Gasteiger partial charge in [0.25, 0.3) is 0 Å². The van der Waals surface area contributed by atoms with E-state index >= 15 is 0 Å². The van der Waals surface area contributed by atoms with E-state index in [1.54, 1.807) is 0 Å². The third-order valence-corrected chi connectivity index (χ3v) is 4.07. The van der Waals surface area contributed by atoms with Crippen molar-refractivity contribution in [3.63, 3.8) is 0 Å². The summed E-state index contributed by atoms with van der Waals surface area (Å²) in [4.78, 5) is 24.4. The van der Waals surface area contributed by atoms with E-state index in [4.69, 9.17) is 8.83 Å². The predicted octanol–water partition coefficient (Wildman–Crippen LogP) is 4.40. The molecule has 2 aromatic heterocycles. The molecule has 2 heterocycles. The van der Waals surface area contributed by atoms with E-state index < -0.39 is 11.5 Å². The Labute approximate surface area is 127 Å². The quantitative estimate of drug-likeness (QED) is 0.700. The maximum atomic E-state index is 12.3. The van der Waals surface area contributed by atoms with E-state index in [0.29, 0.717) is 28.5 Å². The summed E-state index contributed by atoms with van der Waals surface area (Å²) in [7, 11) is 0. The van der Waals surface area contributed by atoms with Gasteiger partial charge in [0.1, 0.15) is 17.6 Å². The van der Waals surface area contributed by atoms with Gasteiger partial charge in [-0.2, -0.15) is 0 Å². The number of furan rings is 1. The summed E-state index contributed by atoms with van der Waals surface area (Å²) in [6, 6.07) is 7.52. The van der Waals surface area contributed by atoms with Crippen LogP contribution in [0.1, 0.15) is 44.6 Å². The Hall–Kier alpha value is -2.36. The molecule has 4 nitrogen and oxygen atoms in total. The molecular weight excluding hydrogens is 280 g/mol. The van der Waals surface area contributed by atoms with Gasteiger partial charge in [-0.1, -0.05) is 38.0 Å². The zero-order valence-electron chi connectivity index (χ0n) is 12.7. The second kappa shape index (κ2) is 5.79. The first-order valence-electron chi connectivity index (χ1n) is 7.57. The van der Waals surface area contributed by atoms with Crippen LogP contribution in [0.2, 0.25) is 0 Å². The number of para-hydroxylation sites is 1. The van der Waals surface area contributed by atoms with Gasteiger partial charge in [-0.15, -0.1) is 0 Å². The molecule has 0 aliphatic carbocycles. The highest BCUT2D eigenvalue weighted by Gasteiger charge is 2.26. The molecule has 0 fully saturated rings. The minimum atomic E-state index is -0.449. The number of rotatable bonds is 5. The smallest absolute Gasteiger partial charge is 0.340 e. The van der Waals surface area contributed by atoms with Crippen LogP contribution in [0.4, 0.5) is 0 Å². The second-order valence-electron chi connectivity index (χ2n) is 5.58. The van der Waals surface area contributed by atoms with E-state index in [0.717, 1.165) is 18.2 Å². The SMILES string of the molecule is CCCCC(C(C)=O)c1c(=O)occ2oc3ccccc3c12. The van der Waals surface area contributed by atoms with Crippen molar-refractivity contribution in [1.82, 2.24) is 0 Å². The number of fused-ring (bicyclic) bond motifs is 3. The fourth-order valence-corrected chi connectivity index (χ4v) is 2.97. The Bertz CT molecular complexity index is 885. The highest BCUT2D eigenvalue weighted by molar-refractivity contribution is 6.07. The number of unbranched alkanes of at least 4 members (excludes halogenated alkanes) is 1. The summed E-state index contributed by atoms with van der Waals surface area (Å²) >= 11 is 0. The molecular formula is C18H18O4. The van der Waals surface area contributed by atoms with Gasteiger partial charge in [0.15, 0.2) is 5.58 Å². The molecule has 114 valence electrons. The first kappa shape index (κ1) is 14.6. The largest absolute Gasteiger partial charge is 0.453 e. The number of hydrogen-bond donors (Lipinski definition) is 0. The van der Waals surface area contributed by atoms with Crippen LogP contribution < -0.4 is 5.63 Å². The van der Waals surface area contributed by atoms with Crippen molar-refractivity contribution in [2.24, 2.45) is 0 Å². The molecule has 0 amide bonds. The topological polar surface area (TPSA) is 60.4 Å². The van der Waals surface area contributed by atoms with Crippen molar-refractivity contribution >= 4 is 27.7 Å². The molecule has 3 aromatic rings. The first-order chi connectivity index (χ1) is 10.6. The lowest BCUT2D eigenvalue weighted by Gasteiger charge is -2.13. The van der Waals surface area contributed by atoms with Crippen LogP contribution in [-0.2, 0) is 4.79 Å². The molecule has 22 heavy (non-hydrogen) atoms. The van der Waals surface area contributed by atoms with Gasteiger partial charge in [-0.05, 0) is 19.4 Å². The molecule has 1 atom stereocenters. The monoisotopic (exact) mass is 298 g/mol. The van der Waals surface area contributed by atoms with E-state index in [9.17, 15) is 9.59 Å². The van der Waals surface area contributed by atoms with Gasteiger partial charge in [-0.3, -0.25) is 4.79 Å². The number of carbonyl (C=O) groups is 1. The number of hydrogen-bond acceptors (Lipinski definition) is 4. The van der Waals surface area contributed by atoms with Crippen molar-refractivity contribution in [3.05, 3.63) is 46.5 Å². The fraction of sp³-hybridized carbons (Fsp3) is 0.333. The summed E-state index contributed by atoms with van der Waals surface area (Å²) in [5.74, 6) is -0.459. The molecule has 0 aliphatic heterocycles. The molecule has 4 heteroatoms. The van der Waals surface area contributed by atoms with Crippen molar-refractivity contribution in [3.8, 4) is 0 Å². The number of benzene rings is 1. The van der Waals surface area contributed by atoms with Crippen molar-refractivity contribution in [2.75, 3.05) is 0 Å². The zero-order valence-corrected chi connectivity index (χ0v) is 12.7. The van der Waals surface area contributed by atoms with Crippen molar-refractivity contribution in [1.29, 1.82) is 0 Å². The zero-order chi connectivity index (χ0) is 15.7. The number of ketones is 1. The van der Waals surface area contributed by atoms with Gasteiger partial charge in [-0.25, -0.2) is 4.79 Å². The molecule has 0 N–H and O–H groups in total. The van der Waals surface area contributed by atoms with Gasteiger partial charge < -0.3 is 8.83 Å². The Morgan fingerprint density at radius 3 is 2.73 bits per heavy atom. The maximum absolute atomic E-state index is 12.3. The fourth-order valence-electron chi connectivity index (χ4n) is 2.97. The molecule has 0 saturated carbocycles. The maximum Gasteiger partial charge on any atom is 0.340 e. The van der Waals surface area contributed by atoms with E-state index in [-0.39, 0.29) is 5.78 Å². The third-order valence-electron chi connectivity index (χ3n) is 4.07. The minimum absolute atomic E-state index is 0.0152. The Morgan fingerprint density at radius 2 is 2.00 bits per heavy atom. The van der Waals surface area contributed by atoms with E-state index in [1.165, 1.54) is 13.2 Å². The van der Waals surface area contributed by atoms with Gasteiger partial charge in [0, 0.05) is 10.8 Å². The molecule has 0 aliphatic rings. The van der Waals surface area contributed by atoms with E-state index in [1.807, 2.05) is 24.3 Å². The molecule has 0 radical (unpaired) electrons. The second-order valence-corrected chi connectivity index (χ2v) is 5.58. The number of carbonyl (C=O) groups excluding carboxylic acids is 1. The van der Waals surface area contributed by atoms with Crippen LogP contribution in [0.25, 0.3) is 21.9 Å². The Balaban J connectivity index is 2.33. The molecule has 1 aromatic carbocycles. The van der Waals surface area contributed by atoms with Crippen LogP contribution in [-0.4, -0.2) is 5.78 Å². The van der Waals surface area contributed by atoms with Crippen LogP contribution >= 0.6 is 0 Å². The highest BCUT2D eigenvalue weighted by atomic mass is 16.4. The lowest BCUT2D eigenvalue weighted by Crippen LogP contribution is -2.18. The van der Waals surface area contributed by atoms with Gasteiger partial charge in [0.2, 0.25) is 0 Å². The minimum Gasteiger partial charge on any atom is -0.453 e. The molecule has 0 spiro atoms. The molecule has 0 bridgehead atoms. The summed E-state index contributed by atoms with van der Waals surface area (Å²) in [5, 5.41) is 1.56. The van der Waals surface area contributed by atoms with Crippen LogP contribution in [0.5, 0.6) is 0 Å². The number of Topliss-reactive ketones (excluding diaryl/α,β-unsaturated/α-hetero) is 1. The standard InChI is InChI=1S/C18H18O4/c1-3-4-7-12(11(2)19)17-16-13-8-5-6-9-14(13)22-15(16)10-21-18(17)20/h5-6,8-10,12H,3-4,7H2,1-2H3. The average Bonchev–Trinajstić information content (AvgIpc) is 2.88. The van der Waals surface area contributed by atoms with Crippen molar-refractivity contribution in [2.45, 2.75) is 39.0 Å². The highest BCUT2D eigenvalue weighted by Crippen LogP contribution is 2.34. The predicted molar refractivity (Wildman–Crippen MR) is 85.2 cm³/mol. The summed E-state index contributed by atoms with van der Waals surface area (Å²) in [6.45, 7) is 3.59. The first-order valence-corrected chi connectivity index (χ1v) is 7.57.